The van der Waals surface area contributed by atoms with E-state index in [1.165, 1.54) is 0 Å². The van der Waals surface area contributed by atoms with E-state index in [0.717, 1.165) is 0 Å². The van der Waals surface area contributed by atoms with E-state index >= 15 is 0 Å². The van der Waals surface area contributed by atoms with Gasteiger partial charge in [-0.15, -0.1) is 26.3 Å². The van der Waals surface area contributed by atoms with Gasteiger partial charge in [0.15, 0.2) is 11.5 Å². The van der Waals surface area contributed by atoms with Crippen LogP contribution in [0.15, 0.2) is 12.1 Å². The number of rotatable bonds is 2. The van der Waals surface area contributed by atoms with Crippen molar-refractivity contribution in [2.24, 2.45) is 0 Å². The predicted molar refractivity (Wildman–Crippen MR) is 54.5 cm³/mol. The third-order valence-corrected chi connectivity index (χ3v) is 2.27. The second-order valence-corrected chi connectivity index (χ2v) is 3.99. The summed E-state index contributed by atoms with van der Waals surface area (Å²) in [6, 6.07) is 0.516. The summed E-state index contributed by atoms with van der Waals surface area (Å²) in [6.07, 6.45) is -15.8. The lowest BCUT2D eigenvalue weighted by molar-refractivity contribution is -0.287. The number of nitrogens with zero attached hydrogens (tertiary/aromatic N) is 1. The molecular formula is C10H3F9N2O2. The van der Waals surface area contributed by atoms with Crippen LogP contribution in [-0.4, -0.2) is 22.7 Å². The van der Waals surface area contributed by atoms with Gasteiger partial charge in [0.25, 0.3) is 0 Å². The molecule has 0 saturated carbocycles. The third kappa shape index (κ3) is 4.32. The van der Waals surface area contributed by atoms with Crippen LogP contribution in [0.25, 0.3) is 11.0 Å². The number of nitrogens with one attached hydrogen (secondary N) is 1. The fourth-order valence-corrected chi connectivity index (χ4v) is 1.56. The largest absolute Gasteiger partial charge is 0.573 e. The Labute approximate surface area is 119 Å². The molecule has 23 heavy (non-hydrogen) atoms. The van der Waals surface area contributed by atoms with Gasteiger partial charge >= 0.3 is 18.9 Å². The van der Waals surface area contributed by atoms with E-state index in [2.05, 4.69) is 14.5 Å². The maximum Gasteiger partial charge on any atom is 0.573 e. The van der Waals surface area contributed by atoms with Gasteiger partial charge in [-0.3, -0.25) is 0 Å². The molecule has 0 atom stereocenters. The number of ether oxygens (including phenoxy) is 2. The van der Waals surface area contributed by atoms with Crippen molar-refractivity contribution in [3.05, 3.63) is 18.0 Å². The van der Waals surface area contributed by atoms with Gasteiger partial charge in [0.05, 0.1) is 11.0 Å². The zero-order chi connectivity index (χ0) is 17.6. The van der Waals surface area contributed by atoms with Gasteiger partial charge in [-0.25, -0.2) is 4.98 Å². The Balaban J connectivity index is 2.57. The van der Waals surface area contributed by atoms with Crippen molar-refractivity contribution in [2.45, 2.75) is 18.9 Å². The number of imidazole rings is 1. The number of aromatic nitrogens is 2. The molecule has 0 saturated heterocycles. The second kappa shape index (κ2) is 5.09. The molecule has 1 aromatic carbocycles. The second-order valence-electron chi connectivity index (χ2n) is 3.99. The lowest BCUT2D eigenvalue weighted by Gasteiger charge is -2.15. The molecule has 0 fully saturated rings. The smallest absolute Gasteiger partial charge is 0.402 e. The Morgan fingerprint density at radius 1 is 0.783 bits per heavy atom. The van der Waals surface area contributed by atoms with Crippen LogP contribution >= 0.6 is 0 Å². The first kappa shape index (κ1) is 17.0. The topological polar surface area (TPSA) is 47.1 Å². The van der Waals surface area contributed by atoms with Crippen molar-refractivity contribution in [3.63, 3.8) is 0 Å². The number of alkyl halides is 9. The SMILES string of the molecule is FC(F)(F)Oc1cc2nc(C(F)(F)F)[nH]c2cc1OC(F)(F)F. The number of hydrogen-bond acceptors (Lipinski definition) is 3. The first-order chi connectivity index (χ1) is 10.2. The zero-order valence-corrected chi connectivity index (χ0v) is 10.3. The minimum absolute atomic E-state index is 0.246. The number of benzene rings is 1. The molecule has 2 rings (SSSR count). The highest BCUT2D eigenvalue weighted by atomic mass is 19.4. The molecule has 1 N–H and O–H groups in total. The van der Waals surface area contributed by atoms with E-state index < -0.39 is 47.3 Å². The fraction of sp³-hybridized carbons (Fsp3) is 0.300. The lowest BCUT2D eigenvalue weighted by atomic mass is 10.3. The average Bonchev–Trinajstić information content (AvgIpc) is 2.67. The van der Waals surface area contributed by atoms with Crippen LogP contribution in [-0.2, 0) is 6.18 Å². The summed E-state index contributed by atoms with van der Waals surface area (Å²) in [4.78, 5) is 4.58. The average molecular weight is 354 g/mol. The Hall–Kier alpha value is -2.34. The molecule has 1 heterocycles. The molecule has 0 spiro atoms. The van der Waals surface area contributed by atoms with Gasteiger partial charge < -0.3 is 14.5 Å². The summed E-state index contributed by atoms with van der Waals surface area (Å²) in [5.74, 6) is -4.56. The van der Waals surface area contributed by atoms with Crippen LogP contribution in [0.2, 0.25) is 0 Å². The van der Waals surface area contributed by atoms with Crippen molar-refractivity contribution in [3.8, 4) is 11.5 Å². The summed E-state index contributed by atoms with van der Waals surface area (Å²) in [5, 5.41) is 0. The molecule has 2 aromatic rings. The monoisotopic (exact) mass is 354 g/mol. The summed E-state index contributed by atoms with van der Waals surface area (Å²) in [6.45, 7) is 0. The number of halogens is 9. The van der Waals surface area contributed by atoms with Crippen molar-refractivity contribution >= 4 is 11.0 Å². The first-order valence-corrected chi connectivity index (χ1v) is 5.37. The maximum atomic E-state index is 12.5. The van der Waals surface area contributed by atoms with Crippen molar-refractivity contribution < 1.29 is 49.0 Å². The molecule has 1 aromatic heterocycles. The molecule has 0 radical (unpaired) electrons. The number of H-pyrrole nitrogens is 1. The Bertz CT molecular complexity index is 661. The number of aromatic amines is 1. The van der Waals surface area contributed by atoms with Gasteiger partial charge in [-0.05, 0) is 0 Å². The molecule has 0 unspecified atom stereocenters. The normalized spacial score (nSPS) is 13.4. The Morgan fingerprint density at radius 2 is 1.26 bits per heavy atom. The summed E-state index contributed by atoms with van der Waals surface area (Å²) in [5.41, 5.74) is -1.31. The number of hydrogen-bond donors (Lipinski definition) is 1. The minimum Gasteiger partial charge on any atom is -0.402 e. The molecule has 0 amide bonds. The lowest BCUT2D eigenvalue weighted by Crippen LogP contribution is -2.21. The molecule has 0 aliphatic carbocycles. The van der Waals surface area contributed by atoms with E-state index in [9.17, 15) is 39.5 Å². The highest BCUT2D eigenvalue weighted by molar-refractivity contribution is 5.80. The highest BCUT2D eigenvalue weighted by Crippen LogP contribution is 2.39. The van der Waals surface area contributed by atoms with Gasteiger partial charge in [-0.1, -0.05) is 0 Å². The van der Waals surface area contributed by atoms with E-state index in [-0.39, 0.29) is 12.1 Å². The molecule has 0 aliphatic rings. The quantitative estimate of drug-likeness (QED) is 0.815. The van der Waals surface area contributed by atoms with Crippen LogP contribution in [0.1, 0.15) is 5.82 Å². The summed E-state index contributed by atoms with van der Waals surface area (Å²) >= 11 is 0. The van der Waals surface area contributed by atoms with Crippen molar-refractivity contribution in [2.75, 3.05) is 0 Å². The summed E-state index contributed by atoms with van der Waals surface area (Å²) < 4.78 is 117. The van der Waals surface area contributed by atoms with Crippen LogP contribution in [0.5, 0.6) is 11.5 Å². The van der Waals surface area contributed by atoms with Gasteiger partial charge in [0.2, 0.25) is 5.82 Å². The van der Waals surface area contributed by atoms with Crippen molar-refractivity contribution in [1.82, 2.24) is 9.97 Å². The standard InChI is InChI=1S/C10H3F9N2O2/c11-8(12,13)7-20-3-1-5(22-9(14,15)16)6(2-4(3)21-7)23-10(17,18)19/h1-2H,(H,20,21). The molecule has 0 aliphatic heterocycles. The molecule has 0 bridgehead atoms. The fourth-order valence-electron chi connectivity index (χ4n) is 1.56. The maximum absolute atomic E-state index is 12.5. The van der Waals surface area contributed by atoms with E-state index in [4.69, 9.17) is 0 Å². The van der Waals surface area contributed by atoms with Crippen LogP contribution in [0, 0.1) is 0 Å². The Kier molecular flexibility index (Phi) is 3.77. The van der Waals surface area contributed by atoms with Gasteiger partial charge in [0, 0.05) is 12.1 Å². The number of fused-ring (bicyclic) bond motifs is 1. The van der Waals surface area contributed by atoms with Crippen LogP contribution in [0.3, 0.4) is 0 Å². The van der Waals surface area contributed by atoms with E-state index in [1.807, 2.05) is 0 Å². The first-order valence-electron chi connectivity index (χ1n) is 5.37. The minimum atomic E-state index is -5.39. The summed E-state index contributed by atoms with van der Waals surface area (Å²) in [7, 11) is 0. The van der Waals surface area contributed by atoms with E-state index in [1.54, 1.807) is 4.98 Å². The van der Waals surface area contributed by atoms with Crippen LogP contribution < -0.4 is 9.47 Å². The molecular weight excluding hydrogens is 351 g/mol. The van der Waals surface area contributed by atoms with Crippen LogP contribution in [0.4, 0.5) is 39.5 Å². The van der Waals surface area contributed by atoms with Crippen molar-refractivity contribution in [1.29, 1.82) is 0 Å². The molecule has 128 valence electrons. The Morgan fingerprint density at radius 3 is 1.70 bits per heavy atom. The zero-order valence-electron chi connectivity index (χ0n) is 10.3. The molecule has 4 nitrogen and oxygen atoms in total. The van der Waals surface area contributed by atoms with Gasteiger partial charge in [-0.2, -0.15) is 13.2 Å². The highest BCUT2D eigenvalue weighted by Gasteiger charge is 2.38. The molecule has 13 heteroatoms. The predicted octanol–water partition coefficient (Wildman–Crippen LogP) is 4.38. The van der Waals surface area contributed by atoms with E-state index in [0.29, 0.717) is 0 Å². The third-order valence-electron chi connectivity index (χ3n) is 2.27. The van der Waals surface area contributed by atoms with Gasteiger partial charge in [0.1, 0.15) is 0 Å².